The summed E-state index contributed by atoms with van der Waals surface area (Å²) in [6, 6.07) is 0.691. The summed E-state index contributed by atoms with van der Waals surface area (Å²) in [5.41, 5.74) is -0.582. The van der Waals surface area contributed by atoms with Crippen molar-refractivity contribution in [3.8, 4) is 0 Å². The molecule has 1 aliphatic heterocycles. The zero-order valence-electron chi connectivity index (χ0n) is 11.9. The summed E-state index contributed by atoms with van der Waals surface area (Å²) >= 11 is 0. The molecule has 0 aromatic heterocycles. The van der Waals surface area contributed by atoms with E-state index in [0.717, 1.165) is 19.0 Å². The zero-order chi connectivity index (χ0) is 13.2. The Bertz CT molecular complexity index is 308. The van der Waals surface area contributed by atoms with Gasteiger partial charge in [0.15, 0.2) is 0 Å². The molecule has 3 unspecified atom stereocenters. The smallest absolute Gasteiger partial charge is 0.327 e. The van der Waals surface area contributed by atoms with Crippen molar-refractivity contribution in [1.29, 1.82) is 0 Å². The van der Waals surface area contributed by atoms with Crippen LogP contribution in [0.15, 0.2) is 0 Å². The van der Waals surface area contributed by atoms with Gasteiger partial charge >= 0.3 is 5.97 Å². The molecule has 1 saturated carbocycles. The van der Waals surface area contributed by atoms with Crippen molar-refractivity contribution in [2.45, 2.75) is 50.6 Å². The summed E-state index contributed by atoms with van der Waals surface area (Å²) in [4.78, 5) is 14.4. The topological polar surface area (TPSA) is 41.6 Å². The monoisotopic (exact) mass is 254 g/mol. The average Bonchev–Trinajstić information content (AvgIpc) is 2.81. The Balaban J connectivity index is 2.01. The number of hydrogen-bond donors (Lipinski definition) is 1. The van der Waals surface area contributed by atoms with Crippen molar-refractivity contribution in [3.05, 3.63) is 0 Å². The fraction of sp³-hybridized carbons (Fsp3) is 0.929. The SMILES string of the molecule is CNC(C)(CN1CCC2CCCCC21)C(=O)OC. The highest BCUT2D eigenvalue weighted by molar-refractivity contribution is 5.80. The maximum Gasteiger partial charge on any atom is 0.327 e. The molecule has 0 spiro atoms. The quantitative estimate of drug-likeness (QED) is 0.770. The lowest BCUT2D eigenvalue weighted by Gasteiger charge is -2.37. The molecule has 0 radical (unpaired) electrons. The molecule has 2 rings (SSSR count). The second kappa shape index (κ2) is 5.57. The molecular formula is C14H26N2O2. The van der Waals surface area contributed by atoms with Crippen LogP contribution in [0.3, 0.4) is 0 Å². The first kappa shape index (κ1) is 13.8. The number of fused-ring (bicyclic) bond motifs is 1. The van der Waals surface area contributed by atoms with E-state index in [0.29, 0.717) is 6.04 Å². The first-order valence-electron chi connectivity index (χ1n) is 7.12. The first-order chi connectivity index (χ1) is 8.60. The fourth-order valence-corrected chi connectivity index (χ4v) is 3.58. The Kier molecular flexibility index (Phi) is 4.28. The van der Waals surface area contributed by atoms with Crippen LogP contribution in [0.2, 0.25) is 0 Å². The Hall–Kier alpha value is -0.610. The lowest BCUT2D eigenvalue weighted by atomic mass is 9.85. The summed E-state index contributed by atoms with van der Waals surface area (Å²) in [5.74, 6) is 0.696. The zero-order valence-corrected chi connectivity index (χ0v) is 11.9. The number of ether oxygens (including phenoxy) is 1. The van der Waals surface area contributed by atoms with Gasteiger partial charge in [-0.25, -0.2) is 0 Å². The normalized spacial score (nSPS) is 31.7. The summed E-state index contributed by atoms with van der Waals surface area (Å²) in [6.07, 6.45) is 6.69. The van der Waals surface area contributed by atoms with Crippen molar-refractivity contribution < 1.29 is 9.53 Å². The van der Waals surface area contributed by atoms with Crippen LogP contribution in [0.1, 0.15) is 39.0 Å². The molecule has 2 aliphatic rings. The number of likely N-dealkylation sites (N-methyl/N-ethyl adjacent to an activating group) is 1. The Morgan fingerprint density at radius 3 is 2.78 bits per heavy atom. The second-order valence-electron chi connectivity index (χ2n) is 5.94. The van der Waals surface area contributed by atoms with E-state index in [4.69, 9.17) is 4.74 Å². The van der Waals surface area contributed by atoms with Gasteiger partial charge in [0, 0.05) is 12.6 Å². The molecule has 1 aliphatic carbocycles. The number of carbonyl (C=O) groups is 1. The summed E-state index contributed by atoms with van der Waals surface area (Å²) in [7, 11) is 3.30. The number of nitrogens with zero attached hydrogens (tertiary/aromatic N) is 1. The standard InChI is InChI=1S/C14H26N2O2/c1-14(15-2,13(17)18-3)10-16-9-8-11-6-4-5-7-12(11)16/h11-12,15H,4-10H2,1-3H3. The van der Waals surface area contributed by atoms with Gasteiger partial charge in [-0.15, -0.1) is 0 Å². The summed E-state index contributed by atoms with van der Waals surface area (Å²) in [6.45, 7) is 3.83. The molecule has 0 bridgehead atoms. The highest BCUT2D eigenvalue weighted by Gasteiger charge is 2.41. The number of esters is 1. The lowest BCUT2D eigenvalue weighted by molar-refractivity contribution is -0.148. The van der Waals surface area contributed by atoms with Gasteiger partial charge in [-0.1, -0.05) is 12.8 Å². The van der Waals surface area contributed by atoms with E-state index >= 15 is 0 Å². The predicted molar refractivity (Wildman–Crippen MR) is 71.4 cm³/mol. The van der Waals surface area contributed by atoms with E-state index < -0.39 is 5.54 Å². The molecule has 1 N–H and O–H groups in total. The van der Waals surface area contributed by atoms with Crippen LogP contribution in [-0.4, -0.2) is 49.7 Å². The van der Waals surface area contributed by atoms with E-state index in [1.165, 1.54) is 39.2 Å². The molecule has 0 amide bonds. The Morgan fingerprint density at radius 1 is 1.39 bits per heavy atom. The Labute approximate surface area is 110 Å². The van der Waals surface area contributed by atoms with Gasteiger partial charge in [-0.2, -0.15) is 0 Å². The van der Waals surface area contributed by atoms with E-state index in [9.17, 15) is 4.79 Å². The van der Waals surface area contributed by atoms with Crippen LogP contribution in [0, 0.1) is 5.92 Å². The van der Waals surface area contributed by atoms with Gasteiger partial charge in [0.2, 0.25) is 0 Å². The van der Waals surface area contributed by atoms with Crippen LogP contribution in [0.5, 0.6) is 0 Å². The number of methoxy groups -OCH3 is 1. The second-order valence-corrected chi connectivity index (χ2v) is 5.94. The first-order valence-corrected chi connectivity index (χ1v) is 7.12. The highest BCUT2D eigenvalue weighted by atomic mass is 16.5. The van der Waals surface area contributed by atoms with Gasteiger partial charge in [-0.05, 0) is 45.7 Å². The van der Waals surface area contributed by atoms with Crippen LogP contribution < -0.4 is 5.32 Å². The minimum atomic E-state index is -0.582. The van der Waals surface area contributed by atoms with E-state index in [1.54, 1.807) is 0 Å². The van der Waals surface area contributed by atoms with Crippen LogP contribution in [0.4, 0.5) is 0 Å². The van der Waals surface area contributed by atoms with Crippen LogP contribution in [-0.2, 0) is 9.53 Å². The molecule has 4 nitrogen and oxygen atoms in total. The van der Waals surface area contributed by atoms with Gasteiger partial charge < -0.3 is 10.1 Å². The maximum absolute atomic E-state index is 11.9. The van der Waals surface area contributed by atoms with Gasteiger partial charge in [-0.3, -0.25) is 9.69 Å². The third-order valence-corrected chi connectivity index (χ3v) is 4.83. The van der Waals surface area contributed by atoms with Crippen molar-refractivity contribution in [2.75, 3.05) is 27.2 Å². The highest BCUT2D eigenvalue weighted by Crippen LogP contribution is 2.36. The van der Waals surface area contributed by atoms with Crippen LogP contribution >= 0.6 is 0 Å². The van der Waals surface area contributed by atoms with Crippen molar-refractivity contribution in [3.63, 3.8) is 0 Å². The number of carbonyl (C=O) groups excluding carboxylic acids is 1. The van der Waals surface area contributed by atoms with E-state index in [2.05, 4.69) is 10.2 Å². The predicted octanol–water partition coefficient (Wildman–Crippen LogP) is 1.40. The van der Waals surface area contributed by atoms with Gasteiger partial charge in [0.05, 0.1) is 7.11 Å². The van der Waals surface area contributed by atoms with Crippen molar-refractivity contribution in [2.24, 2.45) is 5.92 Å². The third kappa shape index (κ3) is 2.54. The molecule has 1 saturated heterocycles. The summed E-state index contributed by atoms with van der Waals surface area (Å²) in [5, 5.41) is 3.14. The van der Waals surface area contributed by atoms with Gasteiger partial charge in [0.1, 0.15) is 5.54 Å². The minimum absolute atomic E-state index is 0.163. The molecule has 18 heavy (non-hydrogen) atoms. The number of likely N-dealkylation sites (tertiary alicyclic amines) is 1. The largest absolute Gasteiger partial charge is 0.468 e. The van der Waals surface area contributed by atoms with E-state index in [1.807, 2.05) is 14.0 Å². The molecule has 104 valence electrons. The number of nitrogens with one attached hydrogen (secondary N) is 1. The van der Waals surface area contributed by atoms with Crippen LogP contribution in [0.25, 0.3) is 0 Å². The molecule has 0 aromatic carbocycles. The van der Waals surface area contributed by atoms with Crippen molar-refractivity contribution in [1.82, 2.24) is 10.2 Å². The van der Waals surface area contributed by atoms with Crippen molar-refractivity contribution >= 4 is 5.97 Å². The van der Waals surface area contributed by atoms with E-state index in [-0.39, 0.29) is 5.97 Å². The Morgan fingerprint density at radius 2 is 2.11 bits per heavy atom. The number of hydrogen-bond acceptors (Lipinski definition) is 4. The molecule has 0 aromatic rings. The third-order valence-electron chi connectivity index (χ3n) is 4.83. The fourth-order valence-electron chi connectivity index (χ4n) is 3.58. The minimum Gasteiger partial charge on any atom is -0.468 e. The molecule has 3 atom stereocenters. The summed E-state index contributed by atoms with van der Waals surface area (Å²) < 4.78 is 4.92. The number of rotatable bonds is 4. The molecule has 4 heteroatoms. The average molecular weight is 254 g/mol. The molecule has 1 heterocycles. The molecule has 2 fully saturated rings. The maximum atomic E-state index is 11.9. The van der Waals surface area contributed by atoms with Gasteiger partial charge in [0.25, 0.3) is 0 Å². The lowest BCUT2D eigenvalue weighted by Crippen LogP contribution is -2.57. The molecular weight excluding hydrogens is 228 g/mol.